The first kappa shape index (κ1) is 14.9. The molecule has 0 aliphatic heterocycles. The van der Waals surface area contributed by atoms with E-state index in [0.717, 1.165) is 13.1 Å². The topological polar surface area (TPSA) is 75.4 Å². The molecule has 1 aromatic rings. The van der Waals surface area contributed by atoms with Crippen molar-refractivity contribution >= 4 is 15.7 Å². The molecule has 0 unspecified atom stereocenters. The van der Waals surface area contributed by atoms with E-state index in [0.29, 0.717) is 18.8 Å². The third-order valence-corrected chi connectivity index (χ3v) is 4.28. The van der Waals surface area contributed by atoms with E-state index in [9.17, 15) is 8.42 Å². The summed E-state index contributed by atoms with van der Waals surface area (Å²) in [4.78, 5) is 2.40. The van der Waals surface area contributed by atoms with Crippen molar-refractivity contribution in [3.8, 4) is 0 Å². The Hall–Kier alpha value is -1.11. The van der Waals surface area contributed by atoms with E-state index in [1.807, 2.05) is 0 Å². The molecule has 3 N–H and O–H groups in total. The Bertz CT molecular complexity index is 453. The number of hydrogen-bond donors (Lipinski definition) is 2. The first-order chi connectivity index (χ1) is 8.49. The number of nitrogens with zero attached hydrogens (tertiary/aromatic N) is 1. The Balaban J connectivity index is 2.57. The lowest BCUT2D eigenvalue weighted by Gasteiger charge is -2.18. The van der Waals surface area contributed by atoms with Crippen molar-refractivity contribution in [1.82, 2.24) is 9.62 Å². The Morgan fingerprint density at radius 2 is 1.72 bits per heavy atom. The third kappa shape index (κ3) is 4.29. The highest BCUT2D eigenvalue weighted by Crippen LogP contribution is 2.10. The number of hydrogen-bond acceptors (Lipinski definition) is 4. The molecule has 0 amide bonds. The van der Waals surface area contributed by atoms with Crippen molar-refractivity contribution in [3.63, 3.8) is 0 Å². The van der Waals surface area contributed by atoms with Gasteiger partial charge in [-0.05, 0) is 37.4 Å². The Morgan fingerprint density at radius 1 is 1.17 bits per heavy atom. The van der Waals surface area contributed by atoms with E-state index >= 15 is 0 Å². The zero-order valence-corrected chi connectivity index (χ0v) is 11.7. The van der Waals surface area contributed by atoms with E-state index < -0.39 is 10.0 Å². The van der Waals surface area contributed by atoms with E-state index in [2.05, 4.69) is 23.5 Å². The minimum absolute atomic E-state index is 0.247. The second-order valence-electron chi connectivity index (χ2n) is 3.99. The molecule has 0 fully saturated rings. The molecular formula is C12H21N3O2S. The highest BCUT2D eigenvalue weighted by molar-refractivity contribution is 7.89. The van der Waals surface area contributed by atoms with E-state index in [1.165, 1.54) is 12.1 Å². The predicted molar refractivity (Wildman–Crippen MR) is 73.8 cm³/mol. The molecule has 102 valence electrons. The molecule has 0 saturated carbocycles. The van der Waals surface area contributed by atoms with Gasteiger partial charge in [-0.3, -0.25) is 0 Å². The molecule has 0 radical (unpaired) electrons. The molecule has 1 aromatic carbocycles. The Kier molecular flexibility index (Phi) is 5.58. The Labute approximate surface area is 109 Å². The molecule has 18 heavy (non-hydrogen) atoms. The normalized spacial score (nSPS) is 11.9. The van der Waals surface area contributed by atoms with Gasteiger partial charge in [0.2, 0.25) is 10.0 Å². The van der Waals surface area contributed by atoms with Crippen LogP contribution in [0.2, 0.25) is 0 Å². The quantitative estimate of drug-likeness (QED) is 0.722. The van der Waals surface area contributed by atoms with Gasteiger partial charge in [0.15, 0.2) is 0 Å². The van der Waals surface area contributed by atoms with Crippen LogP contribution in [0.4, 0.5) is 5.69 Å². The standard InChI is InChI=1S/C12H21N3O2S/c1-3-15(4-2)10-9-14-18(16,17)12-7-5-11(13)6-8-12/h5-8,14H,3-4,9-10,13H2,1-2H3. The zero-order chi connectivity index (χ0) is 13.6. The third-order valence-electron chi connectivity index (χ3n) is 2.80. The summed E-state index contributed by atoms with van der Waals surface area (Å²) in [5, 5.41) is 0. The van der Waals surface area contributed by atoms with Crippen molar-refractivity contribution in [2.45, 2.75) is 18.7 Å². The van der Waals surface area contributed by atoms with Crippen LogP contribution in [0.25, 0.3) is 0 Å². The van der Waals surface area contributed by atoms with Gasteiger partial charge in [0, 0.05) is 18.8 Å². The Morgan fingerprint density at radius 3 is 2.22 bits per heavy atom. The lowest BCUT2D eigenvalue weighted by Crippen LogP contribution is -2.34. The lowest BCUT2D eigenvalue weighted by molar-refractivity contribution is 0.309. The molecule has 0 aromatic heterocycles. The fourth-order valence-electron chi connectivity index (χ4n) is 1.61. The molecule has 0 heterocycles. The van der Waals surface area contributed by atoms with Gasteiger partial charge >= 0.3 is 0 Å². The van der Waals surface area contributed by atoms with Crippen LogP contribution in [0.3, 0.4) is 0 Å². The van der Waals surface area contributed by atoms with Crippen molar-refractivity contribution in [3.05, 3.63) is 24.3 Å². The summed E-state index contributed by atoms with van der Waals surface area (Å²) in [7, 11) is -3.42. The number of nitrogens with two attached hydrogens (primary N) is 1. The average molecular weight is 271 g/mol. The summed E-state index contributed by atoms with van der Waals surface area (Å²) in [5.41, 5.74) is 6.08. The van der Waals surface area contributed by atoms with Gasteiger partial charge in [-0.1, -0.05) is 13.8 Å². The molecule has 0 bridgehead atoms. The lowest BCUT2D eigenvalue weighted by atomic mass is 10.3. The smallest absolute Gasteiger partial charge is 0.240 e. The van der Waals surface area contributed by atoms with Crippen molar-refractivity contribution in [2.75, 3.05) is 31.9 Å². The monoisotopic (exact) mass is 271 g/mol. The number of sulfonamides is 1. The molecule has 5 nitrogen and oxygen atoms in total. The fraction of sp³-hybridized carbons (Fsp3) is 0.500. The summed E-state index contributed by atoms with van der Waals surface area (Å²) >= 11 is 0. The van der Waals surface area contributed by atoms with Gasteiger partial charge in [-0.15, -0.1) is 0 Å². The first-order valence-corrected chi connectivity index (χ1v) is 7.55. The minimum atomic E-state index is -3.42. The van der Waals surface area contributed by atoms with Gasteiger partial charge in [-0.25, -0.2) is 13.1 Å². The second-order valence-corrected chi connectivity index (χ2v) is 5.76. The molecule has 1 rings (SSSR count). The van der Waals surface area contributed by atoms with Gasteiger partial charge < -0.3 is 10.6 Å². The maximum atomic E-state index is 11.9. The van der Waals surface area contributed by atoms with Crippen LogP contribution in [0, 0.1) is 0 Å². The molecule has 6 heteroatoms. The highest BCUT2D eigenvalue weighted by atomic mass is 32.2. The molecule has 0 aliphatic carbocycles. The summed E-state index contributed by atoms with van der Waals surface area (Å²) in [5.74, 6) is 0. The van der Waals surface area contributed by atoms with E-state index in [1.54, 1.807) is 12.1 Å². The SMILES string of the molecule is CCN(CC)CCNS(=O)(=O)c1ccc(N)cc1. The van der Waals surface area contributed by atoms with Crippen LogP contribution < -0.4 is 10.5 Å². The van der Waals surface area contributed by atoms with E-state index in [4.69, 9.17) is 5.73 Å². The number of nitrogens with one attached hydrogen (secondary N) is 1. The van der Waals surface area contributed by atoms with Gasteiger partial charge in [0.25, 0.3) is 0 Å². The van der Waals surface area contributed by atoms with E-state index in [-0.39, 0.29) is 4.90 Å². The summed E-state index contributed by atoms with van der Waals surface area (Å²) < 4.78 is 26.4. The van der Waals surface area contributed by atoms with Crippen LogP contribution in [-0.2, 0) is 10.0 Å². The largest absolute Gasteiger partial charge is 0.399 e. The maximum absolute atomic E-state index is 11.9. The van der Waals surface area contributed by atoms with Crippen molar-refractivity contribution in [1.29, 1.82) is 0 Å². The molecule has 0 saturated heterocycles. The second kappa shape index (κ2) is 6.72. The van der Waals surface area contributed by atoms with Gasteiger partial charge in [-0.2, -0.15) is 0 Å². The van der Waals surface area contributed by atoms with Crippen molar-refractivity contribution in [2.24, 2.45) is 0 Å². The number of anilines is 1. The zero-order valence-electron chi connectivity index (χ0n) is 10.9. The van der Waals surface area contributed by atoms with Crippen molar-refractivity contribution < 1.29 is 8.42 Å². The van der Waals surface area contributed by atoms with Crippen LogP contribution in [-0.4, -0.2) is 39.5 Å². The molecular weight excluding hydrogens is 250 g/mol. The summed E-state index contributed by atoms with van der Waals surface area (Å²) in [6, 6.07) is 6.18. The highest BCUT2D eigenvalue weighted by Gasteiger charge is 2.13. The van der Waals surface area contributed by atoms with Gasteiger partial charge in [0.1, 0.15) is 0 Å². The summed E-state index contributed by atoms with van der Waals surface area (Å²) in [6.45, 7) is 7.06. The van der Waals surface area contributed by atoms with Crippen LogP contribution in [0.1, 0.15) is 13.8 Å². The molecule has 0 spiro atoms. The number of nitrogen functional groups attached to an aromatic ring is 1. The van der Waals surface area contributed by atoms with Crippen LogP contribution in [0.15, 0.2) is 29.2 Å². The van der Waals surface area contributed by atoms with Crippen LogP contribution >= 0.6 is 0 Å². The number of benzene rings is 1. The number of likely N-dealkylation sites (N-methyl/N-ethyl adjacent to an activating group) is 1. The molecule has 0 aliphatic rings. The minimum Gasteiger partial charge on any atom is -0.399 e. The summed E-state index contributed by atoms with van der Waals surface area (Å²) in [6.07, 6.45) is 0. The average Bonchev–Trinajstić information content (AvgIpc) is 2.35. The van der Waals surface area contributed by atoms with Crippen LogP contribution in [0.5, 0.6) is 0 Å². The maximum Gasteiger partial charge on any atom is 0.240 e. The first-order valence-electron chi connectivity index (χ1n) is 6.07. The predicted octanol–water partition coefficient (Wildman–Crippen LogP) is 0.889. The van der Waals surface area contributed by atoms with Gasteiger partial charge in [0.05, 0.1) is 4.90 Å². The molecule has 0 atom stereocenters. The fourth-order valence-corrected chi connectivity index (χ4v) is 2.63. The number of rotatable bonds is 7.